The third-order valence-corrected chi connectivity index (χ3v) is 6.30. The van der Waals surface area contributed by atoms with E-state index in [1.165, 1.54) is 0 Å². The minimum absolute atomic E-state index is 0.0592. The average molecular weight is 319 g/mol. The molecule has 0 spiro atoms. The summed E-state index contributed by atoms with van der Waals surface area (Å²) in [5, 5.41) is 15.3. The molecule has 0 aromatic carbocycles. The Kier molecular flexibility index (Phi) is 3.16. The van der Waals surface area contributed by atoms with Gasteiger partial charge in [0.2, 0.25) is 0 Å². The van der Waals surface area contributed by atoms with Crippen molar-refractivity contribution in [2.45, 2.75) is 48.6 Å². The van der Waals surface area contributed by atoms with Gasteiger partial charge in [-0.3, -0.25) is 4.98 Å². The minimum Gasteiger partial charge on any atom is -0.389 e. The summed E-state index contributed by atoms with van der Waals surface area (Å²) in [6.07, 6.45) is 7.84. The zero-order valence-corrected chi connectivity index (χ0v) is 13.0. The summed E-state index contributed by atoms with van der Waals surface area (Å²) in [4.78, 5) is 6.94. The molecule has 22 heavy (non-hydrogen) atoms. The van der Waals surface area contributed by atoms with Crippen LogP contribution in [0.15, 0.2) is 29.6 Å². The molecule has 1 N–H and O–H groups in total. The van der Waals surface area contributed by atoms with Gasteiger partial charge >= 0.3 is 0 Å². The number of aromatic nitrogens is 1. The first-order chi connectivity index (χ1) is 10.5. The molecule has 0 saturated heterocycles. The van der Waals surface area contributed by atoms with E-state index in [0.29, 0.717) is 18.3 Å². The van der Waals surface area contributed by atoms with Crippen molar-refractivity contribution in [3.8, 4) is 0 Å². The highest BCUT2D eigenvalue weighted by Gasteiger charge is 2.63. The molecule has 4 aliphatic carbocycles. The first-order valence-corrected chi connectivity index (χ1v) is 8.26. The molecule has 4 aliphatic rings. The third-order valence-electron chi connectivity index (χ3n) is 5.85. The van der Waals surface area contributed by atoms with Crippen molar-refractivity contribution in [3.05, 3.63) is 40.5 Å². The molecule has 0 aliphatic heterocycles. The Labute approximate surface area is 134 Å². The van der Waals surface area contributed by atoms with Crippen LogP contribution in [0.1, 0.15) is 43.7 Å². The van der Waals surface area contributed by atoms with Crippen LogP contribution < -0.4 is 0 Å². The smallest absolute Gasteiger partial charge is 0.0705 e. The first kappa shape index (κ1) is 14.3. The van der Waals surface area contributed by atoms with Crippen LogP contribution in [0.4, 0.5) is 0 Å². The Hall–Kier alpha value is -1.29. The number of hydrogen-bond acceptors (Lipinski definition) is 3. The van der Waals surface area contributed by atoms with Crippen molar-refractivity contribution in [3.63, 3.8) is 0 Å². The summed E-state index contributed by atoms with van der Waals surface area (Å²) >= 11 is 6.74. The van der Waals surface area contributed by atoms with Gasteiger partial charge in [0.15, 0.2) is 0 Å². The lowest BCUT2D eigenvalue weighted by Crippen LogP contribution is -2.63. The summed E-state index contributed by atoms with van der Waals surface area (Å²) in [5.41, 5.74) is 9.08. The van der Waals surface area contributed by atoms with Crippen LogP contribution in [-0.4, -0.2) is 20.6 Å². The van der Waals surface area contributed by atoms with Gasteiger partial charge < -0.3 is 5.11 Å². The topological polar surface area (TPSA) is 81.9 Å². The number of pyridine rings is 1. The fourth-order valence-corrected chi connectivity index (χ4v) is 6.20. The van der Waals surface area contributed by atoms with Crippen LogP contribution in [0.3, 0.4) is 0 Å². The molecule has 1 aromatic rings. The molecule has 4 fully saturated rings. The first-order valence-electron chi connectivity index (χ1n) is 7.88. The largest absolute Gasteiger partial charge is 0.389 e. The lowest BCUT2D eigenvalue weighted by molar-refractivity contribution is -0.170. The summed E-state index contributed by atoms with van der Waals surface area (Å²) < 4.78 is 0. The number of nitrogens with zero attached hydrogens (tertiary/aromatic N) is 4. The van der Waals surface area contributed by atoms with Gasteiger partial charge in [0.05, 0.1) is 11.6 Å². The van der Waals surface area contributed by atoms with E-state index in [0.717, 1.165) is 31.2 Å². The predicted molar refractivity (Wildman–Crippen MR) is 83.2 cm³/mol. The standard InChI is InChI=1S/C16H19ClN4O/c17-15-5-10-4-12(7-15)13(16(22,6-10)9-15)14(20-21-18)11-2-1-3-19-8-11/h1-3,8,10,12-14,22H,4-7,9H2/t10?,12?,13?,14-,15?,16-/m0/s1. The summed E-state index contributed by atoms with van der Waals surface area (Å²) in [5.74, 6) is 0.766. The van der Waals surface area contributed by atoms with Crippen LogP contribution >= 0.6 is 11.6 Å². The van der Waals surface area contributed by atoms with Crippen LogP contribution in [0, 0.1) is 17.8 Å². The highest BCUT2D eigenvalue weighted by molar-refractivity contribution is 6.24. The maximum atomic E-state index is 11.3. The number of halogens is 1. The van der Waals surface area contributed by atoms with Gasteiger partial charge in [-0.2, -0.15) is 0 Å². The summed E-state index contributed by atoms with van der Waals surface area (Å²) in [6.45, 7) is 0. The Morgan fingerprint density at radius 2 is 2.32 bits per heavy atom. The molecule has 1 heterocycles. The molecule has 4 bridgehead atoms. The molecule has 116 valence electrons. The molecule has 4 unspecified atom stereocenters. The molecular weight excluding hydrogens is 300 g/mol. The molecule has 0 amide bonds. The van der Waals surface area contributed by atoms with E-state index in [1.807, 2.05) is 12.1 Å². The van der Waals surface area contributed by atoms with E-state index in [4.69, 9.17) is 17.1 Å². The molecule has 5 rings (SSSR count). The number of hydrogen-bond donors (Lipinski definition) is 1. The Morgan fingerprint density at radius 3 is 2.95 bits per heavy atom. The molecule has 5 nitrogen and oxygen atoms in total. The van der Waals surface area contributed by atoms with Crippen LogP contribution in [0.5, 0.6) is 0 Å². The average Bonchev–Trinajstić information content (AvgIpc) is 2.44. The predicted octanol–water partition coefficient (Wildman–Crippen LogP) is 3.98. The molecule has 1 aromatic heterocycles. The SMILES string of the molecule is [N-]=[N+]=N[C@@H](c1cccnc1)C1C2CC3CC(Cl)(C2)C[C@@]1(O)C3. The molecule has 0 radical (unpaired) electrons. The van der Waals surface area contributed by atoms with Crippen molar-refractivity contribution in [2.75, 3.05) is 0 Å². The van der Waals surface area contributed by atoms with Gasteiger partial charge in [-0.1, -0.05) is 11.2 Å². The van der Waals surface area contributed by atoms with Gasteiger partial charge in [-0.25, -0.2) is 0 Å². The lowest BCUT2D eigenvalue weighted by Gasteiger charge is -2.63. The van der Waals surface area contributed by atoms with E-state index in [9.17, 15) is 5.11 Å². The fraction of sp³-hybridized carbons (Fsp3) is 0.688. The van der Waals surface area contributed by atoms with E-state index in [-0.39, 0.29) is 16.8 Å². The number of azide groups is 1. The van der Waals surface area contributed by atoms with Gasteiger partial charge in [-0.05, 0) is 61.1 Å². The number of rotatable bonds is 3. The second kappa shape index (κ2) is 4.85. The van der Waals surface area contributed by atoms with Crippen molar-refractivity contribution < 1.29 is 5.11 Å². The third kappa shape index (κ3) is 2.11. The van der Waals surface area contributed by atoms with E-state index in [2.05, 4.69) is 15.0 Å². The highest BCUT2D eigenvalue weighted by Crippen LogP contribution is 2.65. The van der Waals surface area contributed by atoms with Crippen molar-refractivity contribution in [2.24, 2.45) is 22.9 Å². The number of alkyl halides is 1. The fourth-order valence-electron chi connectivity index (χ4n) is 5.56. The Bertz CT molecular complexity index is 634. The summed E-state index contributed by atoms with van der Waals surface area (Å²) in [6, 6.07) is 3.41. The number of aliphatic hydroxyl groups is 1. The van der Waals surface area contributed by atoms with Gasteiger partial charge in [-0.15, -0.1) is 11.6 Å². The maximum Gasteiger partial charge on any atom is 0.0705 e. The van der Waals surface area contributed by atoms with Crippen LogP contribution in [-0.2, 0) is 0 Å². The monoisotopic (exact) mass is 318 g/mol. The van der Waals surface area contributed by atoms with E-state index < -0.39 is 5.60 Å². The lowest BCUT2D eigenvalue weighted by atomic mass is 9.48. The normalized spacial score (nSPS) is 43.6. The van der Waals surface area contributed by atoms with Crippen LogP contribution in [0.2, 0.25) is 0 Å². The van der Waals surface area contributed by atoms with Gasteiger partial charge in [0.1, 0.15) is 0 Å². The van der Waals surface area contributed by atoms with Crippen molar-refractivity contribution in [1.29, 1.82) is 0 Å². The van der Waals surface area contributed by atoms with Crippen molar-refractivity contribution >= 4 is 11.6 Å². The van der Waals surface area contributed by atoms with Gasteiger partial charge in [0, 0.05) is 28.1 Å². The van der Waals surface area contributed by atoms with Crippen LogP contribution in [0.25, 0.3) is 10.4 Å². The Morgan fingerprint density at radius 1 is 1.45 bits per heavy atom. The zero-order chi connectivity index (χ0) is 15.4. The second-order valence-electron chi connectivity index (χ2n) is 7.37. The van der Waals surface area contributed by atoms with E-state index >= 15 is 0 Å². The summed E-state index contributed by atoms with van der Waals surface area (Å²) in [7, 11) is 0. The quantitative estimate of drug-likeness (QED) is 0.396. The second-order valence-corrected chi connectivity index (χ2v) is 8.17. The zero-order valence-electron chi connectivity index (χ0n) is 12.3. The molecule has 6 heteroatoms. The Balaban J connectivity index is 1.76. The van der Waals surface area contributed by atoms with Crippen molar-refractivity contribution in [1.82, 2.24) is 4.98 Å². The molecule has 6 atom stereocenters. The minimum atomic E-state index is -0.819. The van der Waals surface area contributed by atoms with Gasteiger partial charge in [0.25, 0.3) is 0 Å². The highest BCUT2D eigenvalue weighted by atomic mass is 35.5. The molecular formula is C16H19ClN4O. The van der Waals surface area contributed by atoms with E-state index in [1.54, 1.807) is 12.4 Å². The maximum absolute atomic E-state index is 11.3. The molecule has 4 saturated carbocycles.